The average molecular weight is 261 g/mol. The van der Waals surface area contributed by atoms with Gasteiger partial charge in [0.1, 0.15) is 5.75 Å². The van der Waals surface area contributed by atoms with E-state index >= 15 is 0 Å². The number of aryl methyl sites for hydroxylation is 1. The number of rotatable bonds is 5. The molecular weight excluding hydrogens is 249 g/mol. The highest BCUT2D eigenvalue weighted by Crippen LogP contribution is 2.37. The van der Waals surface area contributed by atoms with Gasteiger partial charge in [0.05, 0.1) is 17.9 Å². The predicted octanol–water partition coefficient (Wildman–Crippen LogP) is 0.771. The molecule has 1 heterocycles. The Morgan fingerprint density at radius 1 is 1.53 bits per heavy atom. The van der Waals surface area contributed by atoms with Crippen LogP contribution in [0.5, 0.6) is 5.75 Å². The highest BCUT2D eigenvalue weighted by Gasteiger charge is 2.18. The standard InChI is InChI=1S/C9H12NO6P/c1-2-8-9(12)7(4-11)6(3-10-8)5-16-17(13,14)15/h3-4,12H,2,5H2,1H3,(H2,13,14,15). The van der Waals surface area contributed by atoms with Crippen LogP contribution in [0.15, 0.2) is 6.20 Å². The van der Waals surface area contributed by atoms with Crippen LogP contribution in [0, 0.1) is 0 Å². The van der Waals surface area contributed by atoms with E-state index in [1.165, 1.54) is 6.20 Å². The minimum Gasteiger partial charge on any atom is -0.505 e. The molecule has 0 amide bonds. The molecule has 0 spiro atoms. The van der Waals surface area contributed by atoms with Crippen LogP contribution < -0.4 is 0 Å². The summed E-state index contributed by atoms with van der Waals surface area (Å²) in [7, 11) is -4.62. The van der Waals surface area contributed by atoms with Gasteiger partial charge in [-0.25, -0.2) is 4.57 Å². The maximum atomic E-state index is 10.8. The second-order valence-electron chi connectivity index (χ2n) is 3.23. The number of pyridine rings is 1. The second-order valence-corrected chi connectivity index (χ2v) is 4.47. The highest BCUT2D eigenvalue weighted by molar-refractivity contribution is 7.46. The molecular formula is C9H12NO6P. The Balaban J connectivity index is 3.05. The fourth-order valence-corrected chi connectivity index (χ4v) is 1.56. The molecule has 0 fully saturated rings. The van der Waals surface area contributed by atoms with E-state index in [0.717, 1.165) is 0 Å². The lowest BCUT2D eigenvalue weighted by Gasteiger charge is -2.10. The van der Waals surface area contributed by atoms with E-state index in [-0.39, 0.29) is 16.9 Å². The lowest BCUT2D eigenvalue weighted by atomic mass is 10.1. The molecule has 1 aromatic heterocycles. The number of aldehydes is 1. The summed E-state index contributed by atoms with van der Waals surface area (Å²) >= 11 is 0. The molecule has 0 atom stereocenters. The fourth-order valence-electron chi connectivity index (χ4n) is 1.25. The van der Waals surface area contributed by atoms with E-state index < -0.39 is 14.4 Å². The number of aromatic nitrogens is 1. The minimum atomic E-state index is -4.62. The summed E-state index contributed by atoms with van der Waals surface area (Å²) in [6, 6.07) is 0. The number of carbonyl (C=O) groups excluding carboxylic acids is 1. The van der Waals surface area contributed by atoms with Gasteiger partial charge in [0.15, 0.2) is 6.29 Å². The maximum Gasteiger partial charge on any atom is 0.469 e. The Labute approximate surface area is 97.3 Å². The van der Waals surface area contributed by atoms with Crippen molar-refractivity contribution in [3.8, 4) is 5.75 Å². The smallest absolute Gasteiger partial charge is 0.469 e. The van der Waals surface area contributed by atoms with E-state index in [1.807, 2.05) is 0 Å². The van der Waals surface area contributed by atoms with E-state index in [1.54, 1.807) is 6.92 Å². The predicted molar refractivity (Wildman–Crippen MR) is 57.5 cm³/mol. The Hall–Kier alpha value is -1.27. The van der Waals surface area contributed by atoms with Crippen LogP contribution in [0.3, 0.4) is 0 Å². The lowest BCUT2D eigenvalue weighted by Crippen LogP contribution is -2.01. The molecule has 17 heavy (non-hydrogen) atoms. The zero-order valence-electron chi connectivity index (χ0n) is 9.03. The van der Waals surface area contributed by atoms with Crippen LogP contribution in [0.4, 0.5) is 0 Å². The molecule has 1 aromatic rings. The molecule has 0 bridgehead atoms. The summed E-state index contributed by atoms with van der Waals surface area (Å²) in [6.07, 6.45) is 2.08. The maximum absolute atomic E-state index is 10.8. The third kappa shape index (κ3) is 3.61. The van der Waals surface area contributed by atoms with Crippen LogP contribution in [0.2, 0.25) is 0 Å². The average Bonchev–Trinajstić information content (AvgIpc) is 2.25. The number of aromatic hydroxyl groups is 1. The first kappa shape index (κ1) is 13.8. The van der Waals surface area contributed by atoms with E-state index in [4.69, 9.17) is 9.79 Å². The summed E-state index contributed by atoms with van der Waals surface area (Å²) < 4.78 is 14.8. The topological polar surface area (TPSA) is 117 Å². The van der Waals surface area contributed by atoms with Crippen LogP contribution in [-0.2, 0) is 22.1 Å². The van der Waals surface area contributed by atoms with Crippen molar-refractivity contribution >= 4 is 14.1 Å². The van der Waals surface area contributed by atoms with Crippen LogP contribution in [0.1, 0.15) is 28.5 Å². The van der Waals surface area contributed by atoms with Crippen molar-refractivity contribution in [2.24, 2.45) is 0 Å². The fraction of sp³-hybridized carbons (Fsp3) is 0.333. The minimum absolute atomic E-state index is 0.0645. The highest BCUT2D eigenvalue weighted by atomic mass is 31.2. The Kier molecular flexibility index (Phi) is 4.36. The van der Waals surface area contributed by atoms with Gasteiger partial charge in [0.25, 0.3) is 0 Å². The van der Waals surface area contributed by atoms with Crippen LogP contribution in [0.25, 0.3) is 0 Å². The quantitative estimate of drug-likeness (QED) is 0.529. The van der Waals surface area contributed by atoms with Crippen molar-refractivity contribution in [3.63, 3.8) is 0 Å². The molecule has 0 saturated carbocycles. The first-order valence-corrected chi connectivity index (χ1v) is 6.27. The Morgan fingerprint density at radius 2 is 2.18 bits per heavy atom. The van der Waals surface area contributed by atoms with Gasteiger partial charge >= 0.3 is 7.82 Å². The lowest BCUT2D eigenvalue weighted by molar-refractivity contribution is 0.111. The van der Waals surface area contributed by atoms with Crippen molar-refractivity contribution in [2.45, 2.75) is 20.0 Å². The zero-order valence-corrected chi connectivity index (χ0v) is 9.92. The van der Waals surface area contributed by atoms with Gasteiger partial charge in [-0.3, -0.25) is 14.3 Å². The first-order valence-electron chi connectivity index (χ1n) is 4.74. The number of nitrogens with zero attached hydrogens (tertiary/aromatic N) is 1. The van der Waals surface area contributed by atoms with Gasteiger partial charge in [-0.1, -0.05) is 6.92 Å². The molecule has 0 unspecified atom stereocenters. The molecule has 0 saturated heterocycles. The summed E-state index contributed by atoms with van der Waals surface area (Å²) in [5.41, 5.74) is 0.398. The van der Waals surface area contributed by atoms with Crippen LogP contribution in [-0.4, -0.2) is 26.2 Å². The van der Waals surface area contributed by atoms with Gasteiger partial charge in [0.2, 0.25) is 0 Å². The number of hydrogen-bond donors (Lipinski definition) is 3. The number of carbonyl (C=O) groups is 1. The van der Waals surface area contributed by atoms with Gasteiger partial charge < -0.3 is 14.9 Å². The summed E-state index contributed by atoms with van der Waals surface area (Å²) in [5, 5.41) is 9.66. The van der Waals surface area contributed by atoms with E-state index in [9.17, 15) is 14.5 Å². The monoisotopic (exact) mass is 261 g/mol. The largest absolute Gasteiger partial charge is 0.505 e. The number of phosphoric ester groups is 1. The third-order valence-corrected chi connectivity index (χ3v) is 2.56. The Morgan fingerprint density at radius 3 is 2.65 bits per heavy atom. The van der Waals surface area contributed by atoms with Gasteiger partial charge in [0, 0.05) is 11.8 Å². The van der Waals surface area contributed by atoms with Crippen LogP contribution >= 0.6 is 7.82 Å². The molecule has 0 aliphatic heterocycles. The molecule has 3 N–H and O–H groups in total. The molecule has 7 nitrogen and oxygen atoms in total. The Bertz CT molecular complexity index is 469. The molecule has 8 heteroatoms. The van der Waals surface area contributed by atoms with E-state index in [0.29, 0.717) is 18.4 Å². The molecule has 94 valence electrons. The molecule has 0 aromatic carbocycles. The summed E-state index contributed by atoms with van der Waals surface area (Å²) in [5.74, 6) is -0.283. The van der Waals surface area contributed by atoms with Crippen molar-refractivity contribution < 1.29 is 28.8 Å². The zero-order chi connectivity index (χ0) is 13.1. The summed E-state index contributed by atoms with van der Waals surface area (Å²) in [4.78, 5) is 31.7. The van der Waals surface area contributed by atoms with Crippen molar-refractivity contribution in [1.82, 2.24) is 4.98 Å². The molecule has 0 aliphatic rings. The molecule has 0 aliphatic carbocycles. The molecule has 0 radical (unpaired) electrons. The van der Waals surface area contributed by atoms with Gasteiger partial charge in [-0.2, -0.15) is 0 Å². The van der Waals surface area contributed by atoms with E-state index in [2.05, 4.69) is 9.51 Å². The first-order chi connectivity index (χ1) is 7.89. The SMILES string of the molecule is CCc1ncc(COP(=O)(O)O)c(C=O)c1O. The van der Waals surface area contributed by atoms with Crippen molar-refractivity contribution in [3.05, 3.63) is 23.0 Å². The van der Waals surface area contributed by atoms with Gasteiger partial charge in [-0.15, -0.1) is 0 Å². The summed E-state index contributed by atoms with van der Waals surface area (Å²) in [6.45, 7) is 1.26. The molecule has 1 rings (SSSR count). The second kappa shape index (κ2) is 5.37. The van der Waals surface area contributed by atoms with Gasteiger partial charge in [-0.05, 0) is 6.42 Å². The number of phosphoric acid groups is 1. The van der Waals surface area contributed by atoms with Crippen molar-refractivity contribution in [2.75, 3.05) is 0 Å². The normalized spacial score (nSPS) is 11.5. The third-order valence-electron chi connectivity index (χ3n) is 2.09. The van der Waals surface area contributed by atoms with Crippen molar-refractivity contribution in [1.29, 1.82) is 0 Å². The number of hydrogen-bond acceptors (Lipinski definition) is 5.